The number of aromatic amines is 1. The maximum Gasteiger partial charge on any atom is 0.252 e. The van der Waals surface area contributed by atoms with Crippen molar-refractivity contribution in [2.75, 3.05) is 5.32 Å². The van der Waals surface area contributed by atoms with E-state index >= 15 is 0 Å². The summed E-state index contributed by atoms with van der Waals surface area (Å²) in [6.07, 6.45) is 0.978. The van der Waals surface area contributed by atoms with Gasteiger partial charge < -0.3 is 10.3 Å². The van der Waals surface area contributed by atoms with Gasteiger partial charge in [-0.2, -0.15) is 0 Å². The van der Waals surface area contributed by atoms with E-state index in [0.29, 0.717) is 24.4 Å². The maximum absolute atomic E-state index is 13.3. The van der Waals surface area contributed by atoms with Crippen LogP contribution >= 0.6 is 0 Å². The third kappa shape index (κ3) is 4.46. The number of nitrogens with one attached hydrogen (secondary N) is 3. The van der Waals surface area contributed by atoms with E-state index in [-0.39, 0.29) is 11.5 Å². The summed E-state index contributed by atoms with van der Waals surface area (Å²) < 4.78 is 26.6. The van der Waals surface area contributed by atoms with Gasteiger partial charge in [-0.05, 0) is 30.7 Å². The second-order valence-electron chi connectivity index (χ2n) is 6.06. The van der Waals surface area contributed by atoms with Crippen LogP contribution in [0.5, 0.6) is 0 Å². The van der Waals surface area contributed by atoms with Crippen LogP contribution in [0, 0.1) is 11.6 Å². The molecule has 0 saturated heterocycles. The molecule has 0 aliphatic carbocycles. The molecule has 2 aromatic carbocycles. The molecule has 3 N–H and O–H groups in total. The number of nitrogens with zero attached hydrogens (tertiary/aromatic N) is 1. The number of benzene rings is 2. The Labute approximate surface area is 154 Å². The summed E-state index contributed by atoms with van der Waals surface area (Å²) in [6, 6.07) is 8.91. The van der Waals surface area contributed by atoms with Gasteiger partial charge in [-0.3, -0.25) is 14.9 Å². The highest BCUT2D eigenvalue weighted by molar-refractivity contribution is 6.01. The quantitative estimate of drug-likeness (QED) is 0.620. The fourth-order valence-electron chi connectivity index (χ4n) is 2.70. The highest BCUT2D eigenvalue weighted by Crippen LogP contribution is 2.14. The van der Waals surface area contributed by atoms with E-state index in [2.05, 4.69) is 20.6 Å². The zero-order chi connectivity index (χ0) is 19.4. The SMILES string of the molecule is CCC[C@@H](NC(=O)c1cc(F)cc(F)c1)C(=O)Nc1nc2ccccc2[nH]1. The van der Waals surface area contributed by atoms with Crippen LogP contribution in [0.4, 0.5) is 14.7 Å². The van der Waals surface area contributed by atoms with E-state index in [1.54, 1.807) is 6.07 Å². The van der Waals surface area contributed by atoms with Gasteiger partial charge in [0.15, 0.2) is 0 Å². The normalized spacial score (nSPS) is 12.0. The molecule has 0 aliphatic rings. The number of carbonyl (C=O) groups is 2. The van der Waals surface area contributed by atoms with Crippen LogP contribution in [0.25, 0.3) is 11.0 Å². The van der Waals surface area contributed by atoms with E-state index in [4.69, 9.17) is 0 Å². The Morgan fingerprint density at radius 1 is 1.15 bits per heavy atom. The monoisotopic (exact) mass is 372 g/mol. The third-order valence-electron chi connectivity index (χ3n) is 3.95. The lowest BCUT2D eigenvalue weighted by atomic mass is 10.1. The van der Waals surface area contributed by atoms with E-state index < -0.39 is 29.5 Å². The second kappa shape index (κ2) is 7.94. The van der Waals surface area contributed by atoms with Gasteiger partial charge in [0.25, 0.3) is 5.91 Å². The number of halogens is 2. The lowest BCUT2D eigenvalue weighted by Crippen LogP contribution is -2.44. The van der Waals surface area contributed by atoms with Gasteiger partial charge in [0, 0.05) is 11.6 Å². The van der Waals surface area contributed by atoms with Crippen molar-refractivity contribution in [2.45, 2.75) is 25.8 Å². The zero-order valence-electron chi connectivity index (χ0n) is 14.6. The van der Waals surface area contributed by atoms with Crippen molar-refractivity contribution < 1.29 is 18.4 Å². The molecule has 0 saturated carbocycles. The molecule has 0 unspecified atom stereocenters. The average Bonchev–Trinajstić information content (AvgIpc) is 3.02. The number of H-pyrrole nitrogens is 1. The number of carbonyl (C=O) groups excluding carboxylic acids is 2. The first-order valence-corrected chi connectivity index (χ1v) is 8.49. The van der Waals surface area contributed by atoms with Gasteiger partial charge in [0.05, 0.1) is 11.0 Å². The van der Waals surface area contributed by atoms with Gasteiger partial charge >= 0.3 is 0 Å². The van der Waals surface area contributed by atoms with E-state index in [0.717, 1.165) is 17.6 Å². The molecule has 2 amide bonds. The Bertz CT molecular complexity index is 934. The number of imidazole rings is 1. The van der Waals surface area contributed by atoms with Crippen molar-refractivity contribution in [3.8, 4) is 0 Å². The highest BCUT2D eigenvalue weighted by Gasteiger charge is 2.22. The van der Waals surface area contributed by atoms with Gasteiger partial charge in [-0.1, -0.05) is 25.5 Å². The molecule has 1 heterocycles. The van der Waals surface area contributed by atoms with E-state index in [9.17, 15) is 18.4 Å². The predicted octanol–water partition coefficient (Wildman–Crippen LogP) is 3.38. The topological polar surface area (TPSA) is 86.9 Å². The molecule has 6 nitrogen and oxygen atoms in total. The van der Waals surface area contributed by atoms with E-state index in [1.807, 2.05) is 25.1 Å². The standard InChI is InChI=1S/C19H18F2N4O2/c1-2-5-16(22-17(26)11-8-12(20)10-13(21)9-11)18(27)25-19-23-14-6-3-4-7-15(14)24-19/h3-4,6-10,16H,2,5H2,1H3,(H,22,26)(H2,23,24,25,27)/t16-/m1/s1. The lowest BCUT2D eigenvalue weighted by Gasteiger charge is -2.17. The Balaban J connectivity index is 1.73. The van der Waals surface area contributed by atoms with Crippen LogP contribution in [-0.2, 0) is 4.79 Å². The molecule has 27 heavy (non-hydrogen) atoms. The number of hydrogen-bond acceptors (Lipinski definition) is 3. The number of amides is 2. The molecule has 0 spiro atoms. The molecule has 1 aromatic heterocycles. The summed E-state index contributed by atoms with van der Waals surface area (Å²) in [6.45, 7) is 1.86. The van der Waals surface area contributed by atoms with E-state index in [1.165, 1.54) is 0 Å². The molecule has 0 bridgehead atoms. The number of rotatable bonds is 6. The molecule has 8 heteroatoms. The number of aromatic nitrogens is 2. The van der Waals surface area contributed by atoms with Crippen molar-refractivity contribution in [3.63, 3.8) is 0 Å². The Morgan fingerprint density at radius 3 is 2.52 bits per heavy atom. The first-order chi connectivity index (χ1) is 13.0. The van der Waals surface area contributed by atoms with Crippen LogP contribution in [0.15, 0.2) is 42.5 Å². The summed E-state index contributed by atoms with van der Waals surface area (Å²) in [5, 5.41) is 5.14. The van der Waals surface area contributed by atoms with Crippen LogP contribution in [0.3, 0.4) is 0 Å². The van der Waals surface area contributed by atoms with Gasteiger partial charge in [-0.25, -0.2) is 13.8 Å². The maximum atomic E-state index is 13.3. The van der Waals surface area contributed by atoms with Crippen LogP contribution in [0.2, 0.25) is 0 Å². The minimum Gasteiger partial charge on any atom is -0.340 e. The number of fused-ring (bicyclic) bond motifs is 1. The van der Waals surface area contributed by atoms with Crippen LogP contribution < -0.4 is 10.6 Å². The summed E-state index contributed by atoms with van der Waals surface area (Å²) >= 11 is 0. The largest absolute Gasteiger partial charge is 0.340 e. The van der Waals surface area contributed by atoms with Crippen molar-refractivity contribution in [3.05, 3.63) is 59.7 Å². The number of anilines is 1. The van der Waals surface area contributed by atoms with Crippen molar-refractivity contribution in [1.82, 2.24) is 15.3 Å². The molecule has 3 aromatic rings. The summed E-state index contributed by atoms with van der Waals surface area (Å²) in [5.41, 5.74) is 1.27. The fourth-order valence-corrected chi connectivity index (χ4v) is 2.70. The second-order valence-corrected chi connectivity index (χ2v) is 6.06. The Hall–Kier alpha value is -3.29. The van der Waals surface area contributed by atoms with Crippen molar-refractivity contribution >= 4 is 28.8 Å². The fraction of sp³-hybridized carbons (Fsp3) is 0.211. The zero-order valence-corrected chi connectivity index (χ0v) is 14.6. The van der Waals surface area contributed by atoms with Gasteiger partial charge in [0.1, 0.15) is 17.7 Å². The number of hydrogen-bond donors (Lipinski definition) is 3. The van der Waals surface area contributed by atoms with Gasteiger partial charge in [-0.15, -0.1) is 0 Å². The molecule has 0 aliphatic heterocycles. The molecule has 140 valence electrons. The van der Waals surface area contributed by atoms with Gasteiger partial charge in [0.2, 0.25) is 11.9 Å². The molecule has 0 fully saturated rings. The van der Waals surface area contributed by atoms with Crippen molar-refractivity contribution in [2.24, 2.45) is 0 Å². The minimum atomic E-state index is -0.873. The summed E-state index contributed by atoms with van der Waals surface area (Å²) in [5.74, 6) is -2.67. The first kappa shape index (κ1) is 18.5. The summed E-state index contributed by atoms with van der Waals surface area (Å²) in [7, 11) is 0. The average molecular weight is 372 g/mol. The smallest absolute Gasteiger partial charge is 0.252 e. The Morgan fingerprint density at radius 2 is 1.85 bits per heavy atom. The first-order valence-electron chi connectivity index (χ1n) is 8.49. The summed E-state index contributed by atoms with van der Waals surface area (Å²) in [4.78, 5) is 32.1. The Kier molecular flexibility index (Phi) is 5.44. The lowest BCUT2D eigenvalue weighted by molar-refractivity contribution is -0.118. The highest BCUT2D eigenvalue weighted by atomic mass is 19.1. The molecule has 0 radical (unpaired) electrons. The molecule has 3 rings (SSSR count). The van der Waals surface area contributed by atoms with Crippen LogP contribution in [0.1, 0.15) is 30.1 Å². The predicted molar refractivity (Wildman–Crippen MR) is 97.2 cm³/mol. The molecular formula is C19H18F2N4O2. The molecule has 1 atom stereocenters. The third-order valence-corrected chi connectivity index (χ3v) is 3.95. The van der Waals surface area contributed by atoms with Crippen molar-refractivity contribution in [1.29, 1.82) is 0 Å². The number of para-hydroxylation sites is 2. The minimum absolute atomic E-state index is 0.190. The molecular weight excluding hydrogens is 354 g/mol. The van der Waals surface area contributed by atoms with Crippen LogP contribution in [-0.4, -0.2) is 27.8 Å².